The van der Waals surface area contributed by atoms with Gasteiger partial charge in [0.2, 0.25) is 0 Å². The molecule has 1 aromatic rings. The fourth-order valence-electron chi connectivity index (χ4n) is 5.98. The summed E-state index contributed by atoms with van der Waals surface area (Å²) >= 11 is 0. The molecule has 2 aliphatic carbocycles. The Labute approximate surface area is 172 Å². The largest absolute Gasteiger partial charge is 0.382 e. The Morgan fingerprint density at radius 1 is 1.14 bits per heavy atom. The van der Waals surface area contributed by atoms with E-state index in [1.165, 1.54) is 37.7 Å². The molecule has 3 nitrogen and oxygen atoms in total. The number of fused-ring (bicyclic) bond motifs is 3. The van der Waals surface area contributed by atoms with E-state index in [0.717, 1.165) is 25.6 Å². The van der Waals surface area contributed by atoms with Gasteiger partial charge in [0.05, 0.1) is 19.8 Å². The van der Waals surface area contributed by atoms with E-state index in [4.69, 9.17) is 9.47 Å². The van der Waals surface area contributed by atoms with Gasteiger partial charge in [-0.2, -0.15) is 0 Å². The van der Waals surface area contributed by atoms with Gasteiger partial charge in [-0.15, -0.1) is 0 Å². The second kappa shape index (κ2) is 9.28. The Morgan fingerprint density at radius 3 is 2.71 bits per heavy atom. The highest BCUT2D eigenvalue weighted by molar-refractivity contribution is 5.42. The summed E-state index contributed by atoms with van der Waals surface area (Å²) in [5.74, 6) is 1.37. The van der Waals surface area contributed by atoms with E-state index < -0.39 is 0 Å². The maximum atomic E-state index is 5.61. The van der Waals surface area contributed by atoms with Gasteiger partial charge in [-0.1, -0.05) is 52.3 Å². The number of hydrogen-bond acceptors (Lipinski definition) is 3. The predicted molar refractivity (Wildman–Crippen MR) is 117 cm³/mol. The lowest BCUT2D eigenvalue weighted by molar-refractivity contribution is 0.0229. The van der Waals surface area contributed by atoms with E-state index in [-0.39, 0.29) is 0 Å². The zero-order valence-electron chi connectivity index (χ0n) is 18.8. The van der Waals surface area contributed by atoms with Gasteiger partial charge in [-0.3, -0.25) is 0 Å². The van der Waals surface area contributed by atoms with Gasteiger partial charge in [0.1, 0.15) is 0 Å². The number of hydrogen-bond donors (Lipinski definition) is 1. The molecule has 0 unspecified atom stereocenters. The van der Waals surface area contributed by atoms with Crippen molar-refractivity contribution in [3.8, 4) is 0 Å². The van der Waals surface area contributed by atoms with E-state index in [2.05, 4.69) is 51.2 Å². The molecule has 3 rings (SSSR count). The first-order valence-corrected chi connectivity index (χ1v) is 11.3. The molecular formula is C25H41NO2. The minimum Gasteiger partial charge on any atom is -0.382 e. The molecule has 0 amide bonds. The molecule has 0 aromatic heterocycles. The first-order valence-electron chi connectivity index (χ1n) is 11.3. The molecule has 1 N–H and O–H groups in total. The minimum absolute atomic E-state index is 0.326. The summed E-state index contributed by atoms with van der Waals surface area (Å²) in [4.78, 5) is 0. The van der Waals surface area contributed by atoms with Crippen molar-refractivity contribution in [1.29, 1.82) is 0 Å². The lowest BCUT2D eigenvalue weighted by Gasteiger charge is -2.55. The second-order valence-electron chi connectivity index (χ2n) is 9.87. The van der Waals surface area contributed by atoms with E-state index >= 15 is 0 Å². The molecule has 0 radical (unpaired) electrons. The molecule has 2 aliphatic rings. The predicted octanol–water partition coefficient (Wildman–Crippen LogP) is 5.07. The number of nitrogens with one attached hydrogen (secondary N) is 1. The zero-order chi connectivity index (χ0) is 20.2. The summed E-state index contributed by atoms with van der Waals surface area (Å²) in [5, 5.41) is 3.70. The van der Waals surface area contributed by atoms with E-state index in [1.54, 1.807) is 18.2 Å². The van der Waals surface area contributed by atoms with Crippen LogP contribution < -0.4 is 5.32 Å². The average molecular weight is 388 g/mol. The Hall–Kier alpha value is -0.900. The first-order chi connectivity index (χ1) is 13.4. The summed E-state index contributed by atoms with van der Waals surface area (Å²) in [6, 6.07) is 7.36. The van der Waals surface area contributed by atoms with Gasteiger partial charge in [0, 0.05) is 20.2 Å². The molecule has 0 aliphatic heterocycles. The maximum absolute atomic E-state index is 5.61. The van der Waals surface area contributed by atoms with Gasteiger partial charge in [-0.05, 0) is 65.0 Å². The van der Waals surface area contributed by atoms with E-state index in [0.29, 0.717) is 30.0 Å². The Kier molecular flexibility index (Phi) is 7.22. The van der Waals surface area contributed by atoms with Crippen LogP contribution in [0.1, 0.15) is 76.0 Å². The van der Waals surface area contributed by atoms with Gasteiger partial charge < -0.3 is 14.8 Å². The van der Waals surface area contributed by atoms with Crippen molar-refractivity contribution in [2.24, 2.45) is 11.3 Å². The number of aryl methyl sites for hydroxylation is 1. The van der Waals surface area contributed by atoms with Crippen molar-refractivity contribution in [1.82, 2.24) is 5.32 Å². The fraction of sp³-hybridized carbons (Fsp3) is 0.760. The molecule has 3 atom stereocenters. The fourth-order valence-corrected chi connectivity index (χ4v) is 5.98. The van der Waals surface area contributed by atoms with Crippen molar-refractivity contribution in [3.63, 3.8) is 0 Å². The number of benzene rings is 1. The Morgan fingerprint density at radius 2 is 1.96 bits per heavy atom. The molecule has 1 aromatic carbocycles. The first kappa shape index (κ1) is 21.8. The average Bonchev–Trinajstić information content (AvgIpc) is 2.66. The highest BCUT2D eigenvalue weighted by Gasteiger charge is 2.51. The minimum atomic E-state index is 0.326. The molecular weight excluding hydrogens is 346 g/mol. The summed E-state index contributed by atoms with van der Waals surface area (Å²) in [5.41, 5.74) is 5.45. The lowest BCUT2D eigenvalue weighted by Crippen LogP contribution is -2.52. The van der Waals surface area contributed by atoms with Crippen LogP contribution >= 0.6 is 0 Å². The van der Waals surface area contributed by atoms with Gasteiger partial charge in [0.15, 0.2) is 0 Å². The van der Waals surface area contributed by atoms with Crippen molar-refractivity contribution in [2.75, 3.05) is 40.0 Å². The molecule has 3 heteroatoms. The van der Waals surface area contributed by atoms with Crippen LogP contribution in [-0.4, -0.2) is 40.0 Å². The molecule has 0 spiro atoms. The van der Waals surface area contributed by atoms with Crippen LogP contribution in [0.25, 0.3) is 0 Å². The Balaban J connectivity index is 1.67. The van der Waals surface area contributed by atoms with Gasteiger partial charge in [0.25, 0.3) is 0 Å². The van der Waals surface area contributed by atoms with Crippen molar-refractivity contribution in [2.45, 2.75) is 71.1 Å². The normalized spacial score (nSPS) is 29.6. The van der Waals surface area contributed by atoms with Crippen LogP contribution in [0.2, 0.25) is 0 Å². The maximum Gasteiger partial charge on any atom is 0.0700 e. The van der Waals surface area contributed by atoms with E-state index in [9.17, 15) is 0 Å². The summed E-state index contributed by atoms with van der Waals surface area (Å²) in [6.45, 7) is 13.8. The molecule has 0 saturated heterocycles. The van der Waals surface area contributed by atoms with Crippen molar-refractivity contribution < 1.29 is 9.47 Å². The molecule has 0 bridgehead atoms. The van der Waals surface area contributed by atoms with Crippen LogP contribution in [0.5, 0.6) is 0 Å². The number of ether oxygens (including phenoxy) is 2. The lowest BCUT2D eigenvalue weighted by atomic mass is 9.49. The Bertz CT molecular complexity index is 643. The zero-order valence-corrected chi connectivity index (χ0v) is 18.8. The topological polar surface area (TPSA) is 30.5 Å². The number of methoxy groups -OCH3 is 1. The third-order valence-electron chi connectivity index (χ3n) is 7.55. The van der Waals surface area contributed by atoms with Gasteiger partial charge in [-0.25, -0.2) is 0 Å². The SMILES string of the molecule is COCCOCCNC[C@]1(C)CCC[C@]2(C)c3ccc(C(C)C)cc3CC[C@@H]12. The third-order valence-corrected chi connectivity index (χ3v) is 7.55. The second-order valence-corrected chi connectivity index (χ2v) is 9.87. The quantitative estimate of drug-likeness (QED) is 0.600. The summed E-state index contributed by atoms with van der Waals surface area (Å²) < 4.78 is 10.6. The third kappa shape index (κ3) is 4.47. The highest BCUT2D eigenvalue weighted by atomic mass is 16.5. The molecule has 28 heavy (non-hydrogen) atoms. The van der Waals surface area contributed by atoms with Crippen molar-refractivity contribution in [3.05, 3.63) is 34.9 Å². The summed E-state index contributed by atoms with van der Waals surface area (Å²) in [6.07, 6.45) is 6.58. The van der Waals surface area contributed by atoms with Crippen molar-refractivity contribution >= 4 is 0 Å². The van der Waals surface area contributed by atoms with Crippen LogP contribution in [0, 0.1) is 11.3 Å². The van der Waals surface area contributed by atoms with Crippen LogP contribution in [0.15, 0.2) is 18.2 Å². The standard InChI is InChI=1S/C25H41NO2/c1-19(2)20-7-9-22-21(17-20)8-10-23-24(3,11-6-12-25(22,23)4)18-26-13-14-28-16-15-27-5/h7,9,17,19,23,26H,6,8,10-16,18H2,1-5H3/t23-,24-,25+/m0/s1. The smallest absolute Gasteiger partial charge is 0.0700 e. The summed E-state index contributed by atoms with van der Waals surface area (Å²) in [7, 11) is 1.72. The molecule has 0 heterocycles. The van der Waals surface area contributed by atoms with Crippen LogP contribution in [0.4, 0.5) is 0 Å². The number of rotatable bonds is 9. The van der Waals surface area contributed by atoms with Crippen LogP contribution in [-0.2, 0) is 21.3 Å². The molecule has 1 saturated carbocycles. The van der Waals surface area contributed by atoms with Gasteiger partial charge >= 0.3 is 0 Å². The monoisotopic (exact) mass is 387 g/mol. The highest BCUT2D eigenvalue weighted by Crippen LogP contribution is 2.57. The molecule has 1 fully saturated rings. The van der Waals surface area contributed by atoms with Crippen LogP contribution in [0.3, 0.4) is 0 Å². The molecule has 158 valence electrons. The van der Waals surface area contributed by atoms with E-state index in [1.807, 2.05) is 0 Å².